The van der Waals surface area contributed by atoms with Gasteiger partial charge in [-0.25, -0.2) is 0 Å². The minimum atomic E-state index is -0.464. The molecule has 1 amide bonds. The van der Waals surface area contributed by atoms with E-state index in [0.29, 0.717) is 11.3 Å². The van der Waals surface area contributed by atoms with Crippen molar-refractivity contribution in [3.05, 3.63) is 29.8 Å². The number of benzene rings is 1. The summed E-state index contributed by atoms with van der Waals surface area (Å²) in [6.45, 7) is 0. The molecule has 0 heterocycles. The van der Waals surface area contributed by atoms with Gasteiger partial charge in [0.1, 0.15) is 11.9 Å². The topological polar surface area (TPSA) is 78.3 Å². The number of ether oxygens (including phenoxy) is 1. The van der Waals surface area contributed by atoms with Crippen molar-refractivity contribution in [3.8, 4) is 5.75 Å². The maximum absolute atomic E-state index is 11.1. The van der Waals surface area contributed by atoms with Gasteiger partial charge in [0.2, 0.25) is 0 Å². The monoisotopic (exact) mass is 206 g/mol. The van der Waals surface area contributed by atoms with Crippen LogP contribution in [0.3, 0.4) is 0 Å². The molecule has 80 valence electrons. The molecule has 1 aromatic carbocycles. The van der Waals surface area contributed by atoms with Crippen LogP contribution in [0.2, 0.25) is 0 Å². The second-order valence-electron chi connectivity index (χ2n) is 3.83. The van der Waals surface area contributed by atoms with Crippen molar-refractivity contribution >= 4 is 5.91 Å². The van der Waals surface area contributed by atoms with Crippen LogP contribution in [-0.4, -0.2) is 18.1 Å². The molecule has 15 heavy (non-hydrogen) atoms. The van der Waals surface area contributed by atoms with E-state index in [2.05, 4.69) is 0 Å². The van der Waals surface area contributed by atoms with Gasteiger partial charge < -0.3 is 16.2 Å². The second-order valence-corrected chi connectivity index (χ2v) is 3.83. The first-order chi connectivity index (χ1) is 7.16. The average Bonchev–Trinajstić information content (AvgIpc) is 2.16. The Morgan fingerprint density at radius 1 is 1.33 bits per heavy atom. The minimum absolute atomic E-state index is 0.125. The van der Waals surface area contributed by atoms with Crippen molar-refractivity contribution in [1.82, 2.24) is 0 Å². The lowest BCUT2D eigenvalue weighted by atomic mass is 9.90. The van der Waals surface area contributed by atoms with Crippen LogP contribution in [-0.2, 0) is 0 Å². The van der Waals surface area contributed by atoms with Crippen LogP contribution in [0, 0.1) is 0 Å². The summed E-state index contributed by atoms with van der Waals surface area (Å²) >= 11 is 0. The van der Waals surface area contributed by atoms with E-state index in [9.17, 15) is 4.79 Å². The van der Waals surface area contributed by atoms with Crippen LogP contribution in [0.25, 0.3) is 0 Å². The molecule has 2 rings (SSSR count). The van der Waals surface area contributed by atoms with Gasteiger partial charge in [-0.05, 0) is 25.0 Å². The first-order valence-electron chi connectivity index (χ1n) is 4.98. The zero-order valence-electron chi connectivity index (χ0n) is 8.35. The third-order valence-electron chi connectivity index (χ3n) is 2.58. The lowest BCUT2D eigenvalue weighted by Gasteiger charge is -2.32. The number of para-hydroxylation sites is 1. The fourth-order valence-electron chi connectivity index (χ4n) is 1.66. The van der Waals surface area contributed by atoms with Gasteiger partial charge in [0, 0.05) is 6.04 Å². The molecule has 0 radical (unpaired) electrons. The van der Waals surface area contributed by atoms with Crippen molar-refractivity contribution < 1.29 is 9.53 Å². The molecule has 1 aliphatic rings. The van der Waals surface area contributed by atoms with Gasteiger partial charge in [-0.15, -0.1) is 0 Å². The highest BCUT2D eigenvalue weighted by atomic mass is 16.5. The maximum Gasteiger partial charge on any atom is 0.252 e. The van der Waals surface area contributed by atoms with Crippen molar-refractivity contribution in [1.29, 1.82) is 0 Å². The van der Waals surface area contributed by atoms with E-state index in [1.807, 2.05) is 6.07 Å². The highest BCUT2D eigenvalue weighted by molar-refractivity contribution is 5.95. The van der Waals surface area contributed by atoms with E-state index < -0.39 is 5.91 Å². The Labute approximate surface area is 88.2 Å². The van der Waals surface area contributed by atoms with E-state index in [1.54, 1.807) is 18.2 Å². The molecular formula is C11H14N2O2. The lowest BCUT2D eigenvalue weighted by molar-refractivity contribution is 0.0927. The Morgan fingerprint density at radius 2 is 2.00 bits per heavy atom. The molecular weight excluding hydrogens is 192 g/mol. The molecule has 4 heteroatoms. The highest BCUT2D eigenvalue weighted by Crippen LogP contribution is 2.26. The van der Waals surface area contributed by atoms with Gasteiger partial charge in [0.05, 0.1) is 5.56 Å². The van der Waals surface area contributed by atoms with Crippen molar-refractivity contribution in [2.45, 2.75) is 25.0 Å². The zero-order valence-corrected chi connectivity index (χ0v) is 8.35. The van der Waals surface area contributed by atoms with E-state index in [-0.39, 0.29) is 12.1 Å². The predicted octanol–water partition coefficient (Wildman–Crippen LogP) is 0.654. The number of hydrogen-bond acceptors (Lipinski definition) is 3. The number of primary amides is 1. The van der Waals surface area contributed by atoms with Crippen LogP contribution in [0.15, 0.2) is 24.3 Å². The average molecular weight is 206 g/mol. The van der Waals surface area contributed by atoms with E-state index >= 15 is 0 Å². The van der Waals surface area contributed by atoms with E-state index in [1.165, 1.54) is 0 Å². The Bertz CT molecular complexity index is 373. The molecule has 1 aromatic rings. The van der Waals surface area contributed by atoms with Crippen LogP contribution in [0.1, 0.15) is 23.2 Å². The summed E-state index contributed by atoms with van der Waals surface area (Å²) in [5.41, 5.74) is 11.3. The largest absolute Gasteiger partial charge is 0.489 e. The molecule has 0 bridgehead atoms. The number of carbonyl (C=O) groups excluding carboxylic acids is 1. The van der Waals surface area contributed by atoms with E-state index in [4.69, 9.17) is 16.2 Å². The highest BCUT2D eigenvalue weighted by Gasteiger charge is 2.28. The summed E-state index contributed by atoms with van der Waals surface area (Å²) in [6.07, 6.45) is 1.81. The molecule has 0 saturated heterocycles. The van der Waals surface area contributed by atoms with E-state index in [0.717, 1.165) is 12.8 Å². The second kappa shape index (κ2) is 3.90. The molecule has 4 nitrogen and oxygen atoms in total. The summed E-state index contributed by atoms with van der Waals surface area (Å²) in [5, 5.41) is 0. The normalized spacial score (nSPS) is 24.3. The van der Waals surface area contributed by atoms with Gasteiger partial charge >= 0.3 is 0 Å². The van der Waals surface area contributed by atoms with Crippen molar-refractivity contribution in [2.75, 3.05) is 0 Å². The van der Waals surface area contributed by atoms with Crippen LogP contribution >= 0.6 is 0 Å². The third kappa shape index (κ3) is 2.10. The van der Waals surface area contributed by atoms with Crippen molar-refractivity contribution in [2.24, 2.45) is 11.5 Å². The number of carbonyl (C=O) groups is 1. The fraction of sp³-hybridized carbons (Fsp3) is 0.364. The van der Waals surface area contributed by atoms with Crippen LogP contribution < -0.4 is 16.2 Å². The quantitative estimate of drug-likeness (QED) is 0.762. The Morgan fingerprint density at radius 3 is 2.60 bits per heavy atom. The minimum Gasteiger partial charge on any atom is -0.489 e. The number of nitrogens with two attached hydrogens (primary N) is 2. The molecule has 4 N–H and O–H groups in total. The Kier molecular flexibility index (Phi) is 2.60. The smallest absolute Gasteiger partial charge is 0.252 e. The summed E-state index contributed by atoms with van der Waals surface area (Å²) < 4.78 is 5.63. The molecule has 0 atom stereocenters. The molecule has 1 fully saturated rings. The summed E-state index contributed by atoms with van der Waals surface area (Å²) in [6, 6.07) is 7.23. The molecule has 0 unspecified atom stereocenters. The predicted molar refractivity (Wildman–Crippen MR) is 56.6 cm³/mol. The third-order valence-corrected chi connectivity index (χ3v) is 2.58. The molecule has 1 saturated carbocycles. The zero-order chi connectivity index (χ0) is 10.8. The van der Waals surface area contributed by atoms with Gasteiger partial charge in [-0.2, -0.15) is 0 Å². The number of hydrogen-bond donors (Lipinski definition) is 2. The Hall–Kier alpha value is -1.55. The molecule has 1 aliphatic carbocycles. The first-order valence-corrected chi connectivity index (χ1v) is 4.98. The van der Waals surface area contributed by atoms with Crippen molar-refractivity contribution in [3.63, 3.8) is 0 Å². The van der Waals surface area contributed by atoms with Gasteiger partial charge in [-0.3, -0.25) is 4.79 Å². The summed E-state index contributed by atoms with van der Waals surface area (Å²) in [5.74, 6) is 0.0936. The number of amides is 1. The summed E-state index contributed by atoms with van der Waals surface area (Å²) in [4.78, 5) is 11.1. The lowest BCUT2D eigenvalue weighted by Crippen LogP contribution is -2.43. The SMILES string of the molecule is NC(=O)c1ccccc1OC1CC(N)C1. The van der Waals surface area contributed by atoms with Crippen LogP contribution in [0.4, 0.5) is 0 Å². The first kappa shape index (κ1) is 9.98. The molecule has 0 aliphatic heterocycles. The fourth-order valence-corrected chi connectivity index (χ4v) is 1.66. The van der Waals surface area contributed by atoms with Crippen LogP contribution in [0.5, 0.6) is 5.75 Å². The molecule has 0 spiro atoms. The van der Waals surface area contributed by atoms with Gasteiger partial charge in [0.25, 0.3) is 5.91 Å². The van der Waals surface area contributed by atoms with Gasteiger partial charge in [0.15, 0.2) is 0 Å². The standard InChI is InChI=1S/C11H14N2O2/c12-7-5-8(6-7)15-10-4-2-1-3-9(10)11(13)14/h1-4,7-8H,5-6,12H2,(H2,13,14). The Balaban J connectivity index is 2.10. The summed E-state index contributed by atoms with van der Waals surface area (Å²) in [7, 11) is 0. The number of rotatable bonds is 3. The molecule has 0 aromatic heterocycles. The van der Waals surface area contributed by atoms with Gasteiger partial charge in [-0.1, -0.05) is 12.1 Å². The maximum atomic E-state index is 11.1.